The number of rotatable bonds is 8. The topological polar surface area (TPSA) is 71.5 Å². The van der Waals surface area contributed by atoms with Crippen LogP contribution in [0.3, 0.4) is 0 Å². The highest BCUT2D eigenvalue weighted by molar-refractivity contribution is 6.31. The molecule has 6 nitrogen and oxygen atoms in total. The van der Waals surface area contributed by atoms with Gasteiger partial charge in [-0.3, -0.25) is 10.1 Å². The molecule has 32 heavy (non-hydrogen) atoms. The Morgan fingerprint density at radius 1 is 1.19 bits per heavy atom. The van der Waals surface area contributed by atoms with Crippen molar-refractivity contribution in [1.82, 2.24) is 9.88 Å². The fraction of sp³-hybridized carbons (Fsp3) is 0.292. The van der Waals surface area contributed by atoms with Gasteiger partial charge in [0.05, 0.1) is 11.1 Å². The molecule has 1 N–H and O–H groups in total. The second kappa shape index (κ2) is 10.9. The van der Waals surface area contributed by atoms with Crippen LogP contribution in [0.5, 0.6) is 0 Å². The van der Waals surface area contributed by atoms with E-state index in [1.54, 1.807) is 36.3 Å². The number of ether oxygens (including phenoxy) is 1. The lowest BCUT2D eigenvalue weighted by molar-refractivity contribution is -0.132. The van der Waals surface area contributed by atoms with Crippen LogP contribution in [-0.4, -0.2) is 41.6 Å². The molecule has 0 aliphatic carbocycles. The number of aromatic nitrogens is 1. The molecular weight excluding hydrogens is 433 g/mol. The van der Waals surface area contributed by atoms with Gasteiger partial charge in [-0.15, -0.1) is 0 Å². The summed E-state index contributed by atoms with van der Waals surface area (Å²) in [7, 11) is 1.66. The molecule has 0 aliphatic rings. The number of pyridine rings is 1. The van der Waals surface area contributed by atoms with Gasteiger partial charge in [-0.1, -0.05) is 54.9 Å². The lowest BCUT2D eigenvalue weighted by Crippen LogP contribution is -2.40. The number of carbonyl (C=O) groups is 2. The van der Waals surface area contributed by atoms with Gasteiger partial charge in [-0.2, -0.15) is 0 Å². The van der Waals surface area contributed by atoms with Crippen molar-refractivity contribution >= 4 is 40.2 Å². The zero-order chi connectivity index (χ0) is 23.1. The molecule has 0 saturated heterocycles. The van der Waals surface area contributed by atoms with Gasteiger partial charge in [-0.25, -0.2) is 14.2 Å². The SMILES string of the molecule is CC[C@@H](COC(=O)Nc1cc2ccccc2cn1)N(C)C(=O)CCc1cccc(F)c1Cl. The number of benzene rings is 2. The van der Waals surface area contributed by atoms with Crippen molar-refractivity contribution < 1.29 is 18.7 Å². The van der Waals surface area contributed by atoms with Gasteiger partial charge in [0.15, 0.2) is 0 Å². The summed E-state index contributed by atoms with van der Waals surface area (Å²) in [5.41, 5.74) is 0.583. The first-order chi connectivity index (χ1) is 15.4. The summed E-state index contributed by atoms with van der Waals surface area (Å²) in [4.78, 5) is 30.6. The van der Waals surface area contributed by atoms with E-state index in [4.69, 9.17) is 16.3 Å². The third kappa shape index (κ3) is 5.95. The average molecular weight is 458 g/mol. The highest BCUT2D eigenvalue weighted by atomic mass is 35.5. The monoisotopic (exact) mass is 457 g/mol. The minimum Gasteiger partial charge on any atom is -0.447 e. The molecule has 168 valence electrons. The minimum atomic E-state index is -0.640. The first kappa shape index (κ1) is 23.5. The second-order valence-electron chi connectivity index (χ2n) is 7.42. The van der Waals surface area contributed by atoms with Gasteiger partial charge < -0.3 is 9.64 Å². The number of halogens is 2. The fourth-order valence-electron chi connectivity index (χ4n) is 3.33. The Bertz CT molecular complexity index is 1110. The van der Waals surface area contributed by atoms with E-state index in [1.165, 1.54) is 6.07 Å². The summed E-state index contributed by atoms with van der Waals surface area (Å²) >= 11 is 5.96. The number of nitrogens with one attached hydrogen (secondary N) is 1. The van der Waals surface area contributed by atoms with E-state index in [0.717, 1.165) is 10.8 Å². The maximum Gasteiger partial charge on any atom is 0.412 e. The highest BCUT2D eigenvalue weighted by Gasteiger charge is 2.20. The van der Waals surface area contributed by atoms with E-state index in [9.17, 15) is 14.0 Å². The van der Waals surface area contributed by atoms with E-state index in [2.05, 4.69) is 10.3 Å². The molecule has 0 spiro atoms. The maximum atomic E-state index is 13.6. The molecule has 3 aromatic rings. The molecule has 0 aliphatic heterocycles. The van der Waals surface area contributed by atoms with Crippen molar-refractivity contribution in [2.24, 2.45) is 0 Å². The molecule has 3 rings (SSSR count). The first-order valence-corrected chi connectivity index (χ1v) is 10.7. The van der Waals surface area contributed by atoms with Crippen LogP contribution in [0, 0.1) is 5.82 Å². The number of fused-ring (bicyclic) bond motifs is 1. The van der Waals surface area contributed by atoms with Crippen molar-refractivity contribution in [3.8, 4) is 0 Å². The van der Waals surface area contributed by atoms with E-state index in [-0.39, 0.29) is 30.0 Å². The fourth-order valence-corrected chi connectivity index (χ4v) is 3.55. The van der Waals surface area contributed by atoms with Crippen LogP contribution < -0.4 is 5.32 Å². The molecule has 1 atom stereocenters. The largest absolute Gasteiger partial charge is 0.447 e. The quantitative estimate of drug-likeness (QED) is 0.488. The van der Waals surface area contributed by atoms with Crippen LogP contribution in [0.15, 0.2) is 54.7 Å². The van der Waals surface area contributed by atoms with Crippen LogP contribution in [0.4, 0.5) is 15.0 Å². The summed E-state index contributed by atoms with van der Waals surface area (Å²) in [6.07, 6.45) is 2.13. The predicted octanol–water partition coefficient (Wildman–Crippen LogP) is 5.45. The zero-order valence-electron chi connectivity index (χ0n) is 18.0. The molecule has 1 heterocycles. The Morgan fingerprint density at radius 3 is 2.69 bits per heavy atom. The smallest absolute Gasteiger partial charge is 0.412 e. The molecule has 8 heteroatoms. The van der Waals surface area contributed by atoms with Crippen molar-refractivity contribution in [3.63, 3.8) is 0 Å². The molecule has 0 saturated carbocycles. The first-order valence-electron chi connectivity index (χ1n) is 10.4. The number of carbonyl (C=O) groups excluding carboxylic acids is 2. The third-order valence-corrected chi connectivity index (χ3v) is 5.74. The predicted molar refractivity (Wildman–Crippen MR) is 123 cm³/mol. The van der Waals surface area contributed by atoms with Crippen LogP contribution in [-0.2, 0) is 16.0 Å². The summed E-state index contributed by atoms with van der Waals surface area (Å²) in [5, 5.41) is 4.57. The summed E-state index contributed by atoms with van der Waals surface area (Å²) in [6.45, 7) is 1.95. The van der Waals surface area contributed by atoms with E-state index in [0.29, 0.717) is 24.2 Å². The van der Waals surface area contributed by atoms with Crippen molar-refractivity contribution in [2.75, 3.05) is 19.0 Å². The van der Waals surface area contributed by atoms with Gasteiger partial charge in [0, 0.05) is 25.1 Å². The minimum absolute atomic E-state index is 0.0392. The van der Waals surface area contributed by atoms with Gasteiger partial charge >= 0.3 is 6.09 Å². The average Bonchev–Trinajstić information content (AvgIpc) is 2.80. The number of hydrogen-bond acceptors (Lipinski definition) is 4. The Morgan fingerprint density at radius 2 is 1.94 bits per heavy atom. The molecular formula is C24H25ClFN3O3. The third-order valence-electron chi connectivity index (χ3n) is 5.32. The Balaban J connectivity index is 1.51. The van der Waals surface area contributed by atoms with E-state index < -0.39 is 11.9 Å². The van der Waals surface area contributed by atoms with Gasteiger partial charge in [0.2, 0.25) is 5.91 Å². The van der Waals surface area contributed by atoms with Crippen LogP contribution in [0.2, 0.25) is 5.02 Å². The molecule has 2 aromatic carbocycles. The van der Waals surface area contributed by atoms with Gasteiger partial charge in [0.25, 0.3) is 0 Å². The summed E-state index contributed by atoms with van der Waals surface area (Å²) < 4.78 is 18.9. The summed E-state index contributed by atoms with van der Waals surface area (Å²) in [5.74, 6) is -0.257. The van der Waals surface area contributed by atoms with Gasteiger partial charge in [-0.05, 0) is 35.9 Å². The maximum absolute atomic E-state index is 13.6. The number of aryl methyl sites for hydroxylation is 1. The Hall–Kier alpha value is -3.19. The lowest BCUT2D eigenvalue weighted by Gasteiger charge is -2.27. The molecule has 2 amide bonds. The molecule has 1 aromatic heterocycles. The number of nitrogens with zero attached hydrogens (tertiary/aromatic N) is 2. The van der Waals surface area contributed by atoms with Crippen molar-refractivity contribution in [3.05, 3.63) is 71.1 Å². The number of amides is 2. The Kier molecular flexibility index (Phi) is 8.00. The van der Waals surface area contributed by atoms with Crippen molar-refractivity contribution in [1.29, 1.82) is 0 Å². The standard InChI is InChI=1S/C24H25ClFN3O3/c1-3-19(29(2)22(30)12-11-16-9-6-10-20(26)23(16)25)15-32-24(31)28-21-13-17-7-4-5-8-18(17)14-27-21/h4-10,13-14,19H,3,11-12,15H2,1-2H3,(H,27,28,31)/t19-/m0/s1. The molecule has 0 bridgehead atoms. The van der Waals surface area contributed by atoms with Crippen molar-refractivity contribution in [2.45, 2.75) is 32.2 Å². The van der Waals surface area contributed by atoms with Crippen LogP contribution >= 0.6 is 11.6 Å². The highest BCUT2D eigenvalue weighted by Crippen LogP contribution is 2.21. The molecule has 0 fully saturated rings. The normalized spacial score (nSPS) is 11.8. The van der Waals surface area contributed by atoms with Gasteiger partial charge in [0.1, 0.15) is 18.2 Å². The number of hydrogen-bond donors (Lipinski definition) is 1. The zero-order valence-corrected chi connectivity index (χ0v) is 18.7. The number of anilines is 1. The van der Waals surface area contributed by atoms with Crippen LogP contribution in [0.1, 0.15) is 25.3 Å². The van der Waals surface area contributed by atoms with E-state index in [1.807, 2.05) is 31.2 Å². The number of likely N-dealkylation sites (N-methyl/N-ethyl adjacent to an activating group) is 1. The molecule has 0 unspecified atom stereocenters. The lowest BCUT2D eigenvalue weighted by atomic mass is 10.1. The summed E-state index contributed by atoms with van der Waals surface area (Å²) in [6, 6.07) is 13.7. The Labute approximate surface area is 191 Å². The van der Waals surface area contributed by atoms with E-state index >= 15 is 0 Å². The van der Waals surface area contributed by atoms with Crippen LogP contribution in [0.25, 0.3) is 10.8 Å². The molecule has 0 radical (unpaired) electrons. The second-order valence-corrected chi connectivity index (χ2v) is 7.80.